The van der Waals surface area contributed by atoms with Crippen molar-refractivity contribution in [3.63, 3.8) is 0 Å². The van der Waals surface area contributed by atoms with Gasteiger partial charge in [0.05, 0.1) is 12.9 Å². The van der Waals surface area contributed by atoms with Gasteiger partial charge in [-0.25, -0.2) is 0 Å². The molecule has 0 saturated heterocycles. The Morgan fingerprint density at radius 3 is 2.50 bits per heavy atom. The first-order valence-electron chi connectivity index (χ1n) is 8.09. The molecular formula is C19H20N4O2S. The molecular weight excluding hydrogens is 348 g/mol. The number of carbonyl (C=O) groups is 1. The molecule has 0 atom stereocenters. The second kappa shape index (κ2) is 8.05. The van der Waals surface area contributed by atoms with Crippen LogP contribution in [0.5, 0.6) is 5.75 Å². The zero-order valence-electron chi connectivity index (χ0n) is 14.9. The maximum atomic E-state index is 12.5. The second-order valence-corrected chi connectivity index (χ2v) is 6.70. The molecule has 6 nitrogen and oxygen atoms in total. The van der Waals surface area contributed by atoms with Gasteiger partial charge in [0.25, 0.3) is 0 Å². The van der Waals surface area contributed by atoms with Gasteiger partial charge in [0.15, 0.2) is 5.16 Å². The second-order valence-electron chi connectivity index (χ2n) is 5.76. The van der Waals surface area contributed by atoms with Crippen molar-refractivity contribution in [1.82, 2.24) is 14.8 Å². The molecule has 0 aliphatic rings. The Morgan fingerprint density at radius 2 is 1.85 bits per heavy atom. The lowest BCUT2D eigenvalue weighted by Gasteiger charge is -2.17. The van der Waals surface area contributed by atoms with Crippen molar-refractivity contribution in [2.45, 2.75) is 12.1 Å². The number of benzene rings is 2. The molecule has 3 aromatic rings. The van der Waals surface area contributed by atoms with E-state index in [1.807, 2.05) is 60.0 Å². The largest absolute Gasteiger partial charge is 0.497 e. The zero-order chi connectivity index (χ0) is 18.5. The number of thioether (sulfide) groups is 1. The molecule has 1 amide bonds. The first kappa shape index (κ1) is 18.0. The molecule has 0 saturated carbocycles. The first-order chi connectivity index (χ1) is 12.6. The smallest absolute Gasteiger partial charge is 0.237 e. The number of rotatable bonds is 6. The highest BCUT2D eigenvalue weighted by Gasteiger charge is 2.14. The summed E-state index contributed by atoms with van der Waals surface area (Å²) in [5.41, 5.74) is 2.95. The predicted molar refractivity (Wildman–Crippen MR) is 103 cm³/mol. The minimum absolute atomic E-state index is 0.00290. The van der Waals surface area contributed by atoms with Gasteiger partial charge in [-0.2, -0.15) is 0 Å². The van der Waals surface area contributed by atoms with Crippen molar-refractivity contribution in [3.05, 3.63) is 60.4 Å². The SMILES string of the molecule is COc1ccc(-n2cnnc2SCC(=O)N(C)c2ccc(C)cc2)cc1. The fourth-order valence-electron chi connectivity index (χ4n) is 2.38. The van der Waals surface area contributed by atoms with Crippen molar-refractivity contribution in [1.29, 1.82) is 0 Å². The summed E-state index contributed by atoms with van der Waals surface area (Å²) in [5, 5.41) is 8.76. The number of hydrogen-bond acceptors (Lipinski definition) is 5. The van der Waals surface area contributed by atoms with Crippen LogP contribution in [0.4, 0.5) is 5.69 Å². The maximum Gasteiger partial charge on any atom is 0.237 e. The Bertz CT molecular complexity index is 875. The number of aryl methyl sites for hydroxylation is 1. The fourth-order valence-corrected chi connectivity index (χ4v) is 3.22. The van der Waals surface area contributed by atoms with E-state index in [0.29, 0.717) is 5.16 Å². The van der Waals surface area contributed by atoms with E-state index in [1.54, 1.807) is 25.4 Å². The van der Waals surface area contributed by atoms with E-state index in [9.17, 15) is 4.79 Å². The van der Waals surface area contributed by atoms with Gasteiger partial charge in [-0.05, 0) is 43.3 Å². The summed E-state index contributed by atoms with van der Waals surface area (Å²) in [6, 6.07) is 15.5. The van der Waals surface area contributed by atoms with E-state index in [0.717, 1.165) is 22.7 Å². The van der Waals surface area contributed by atoms with Crippen LogP contribution in [-0.4, -0.2) is 40.6 Å². The number of nitrogens with zero attached hydrogens (tertiary/aromatic N) is 4. The summed E-state index contributed by atoms with van der Waals surface area (Å²) in [6.07, 6.45) is 1.64. The van der Waals surface area contributed by atoms with Gasteiger partial charge in [-0.3, -0.25) is 9.36 Å². The molecule has 0 unspecified atom stereocenters. The Kier molecular flexibility index (Phi) is 5.58. The third-order valence-corrected chi connectivity index (χ3v) is 4.92. The van der Waals surface area contributed by atoms with E-state index in [-0.39, 0.29) is 11.7 Å². The van der Waals surface area contributed by atoms with Gasteiger partial charge in [0, 0.05) is 18.4 Å². The van der Waals surface area contributed by atoms with Crippen LogP contribution in [0.2, 0.25) is 0 Å². The van der Waals surface area contributed by atoms with Crippen LogP contribution in [0.25, 0.3) is 5.69 Å². The number of aromatic nitrogens is 3. The molecule has 0 N–H and O–H groups in total. The summed E-state index contributed by atoms with van der Waals surface area (Å²) < 4.78 is 7.03. The standard InChI is InChI=1S/C19H20N4O2S/c1-14-4-6-15(7-5-14)22(2)18(24)12-26-19-21-20-13-23(19)16-8-10-17(25-3)11-9-16/h4-11,13H,12H2,1-3H3. The van der Waals surface area contributed by atoms with Crippen LogP contribution < -0.4 is 9.64 Å². The van der Waals surface area contributed by atoms with Crippen molar-refractivity contribution < 1.29 is 9.53 Å². The quantitative estimate of drug-likeness (QED) is 0.625. The van der Waals surface area contributed by atoms with Gasteiger partial charge in [0.1, 0.15) is 12.1 Å². The number of ether oxygens (including phenoxy) is 1. The van der Waals surface area contributed by atoms with E-state index < -0.39 is 0 Å². The van der Waals surface area contributed by atoms with Crippen LogP contribution in [0.15, 0.2) is 60.0 Å². The Hall–Kier alpha value is -2.80. The Balaban J connectivity index is 1.67. The lowest BCUT2D eigenvalue weighted by Crippen LogP contribution is -2.28. The number of amides is 1. The maximum absolute atomic E-state index is 12.5. The molecule has 26 heavy (non-hydrogen) atoms. The summed E-state index contributed by atoms with van der Waals surface area (Å²) >= 11 is 1.36. The molecule has 1 heterocycles. The minimum Gasteiger partial charge on any atom is -0.497 e. The molecule has 7 heteroatoms. The number of methoxy groups -OCH3 is 1. The van der Waals surface area contributed by atoms with Crippen molar-refractivity contribution in [2.24, 2.45) is 0 Å². The van der Waals surface area contributed by atoms with Crippen LogP contribution in [0, 0.1) is 6.92 Å². The van der Waals surface area contributed by atoms with Crippen molar-refractivity contribution >= 4 is 23.4 Å². The molecule has 0 radical (unpaired) electrons. The van der Waals surface area contributed by atoms with Gasteiger partial charge in [-0.15, -0.1) is 10.2 Å². The van der Waals surface area contributed by atoms with Crippen molar-refractivity contribution in [3.8, 4) is 11.4 Å². The number of anilines is 1. The summed E-state index contributed by atoms with van der Waals surface area (Å²) in [6.45, 7) is 2.02. The van der Waals surface area contributed by atoms with Crippen molar-refractivity contribution in [2.75, 3.05) is 24.8 Å². The lowest BCUT2D eigenvalue weighted by molar-refractivity contribution is -0.115. The van der Waals surface area contributed by atoms with E-state index >= 15 is 0 Å². The van der Waals surface area contributed by atoms with Crippen LogP contribution in [0.1, 0.15) is 5.56 Å². The topological polar surface area (TPSA) is 60.2 Å². The third-order valence-electron chi connectivity index (χ3n) is 3.99. The molecule has 134 valence electrons. The molecule has 0 bridgehead atoms. The number of carbonyl (C=O) groups excluding carboxylic acids is 1. The molecule has 1 aromatic heterocycles. The van der Waals surface area contributed by atoms with Gasteiger partial charge < -0.3 is 9.64 Å². The first-order valence-corrected chi connectivity index (χ1v) is 9.07. The Labute approximate surface area is 156 Å². The van der Waals surface area contributed by atoms with E-state index in [1.165, 1.54) is 11.8 Å². The highest BCUT2D eigenvalue weighted by atomic mass is 32.2. The number of hydrogen-bond donors (Lipinski definition) is 0. The molecule has 0 aliphatic carbocycles. The van der Waals surface area contributed by atoms with E-state index in [2.05, 4.69) is 10.2 Å². The summed E-state index contributed by atoms with van der Waals surface area (Å²) in [5.74, 6) is 1.06. The zero-order valence-corrected chi connectivity index (χ0v) is 15.7. The highest BCUT2D eigenvalue weighted by Crippen LogP contribution is 2.22. The van der Waals surface area contributed by atoms with Gasteiger partial charge >= 0.3 is 0 Å². The highest BCUT2D eigenvalue weighted by molar-refractivity contribution is 7.99. The monoisotopic (exact) mass is 368 g/mol. The molecule has 0 fully saturated rings. The van der Waals surface area contributed by atoms with Crippen LogP contribution in [-0.2, 0) is 4.79 Å². The third kappa shape index (κ3) is 4.05. The minimum atomic E-state index is 0.00290. The summed E-state index contributed by atoms with van der Waals surface area (Å²) in [7, 11) is 3.41. The average Bonchev–Trinajstić information content (AvgIpc) is 3.14. The Morgan fingerprint density at radius 1 is 1.15 bits per heavy atom. The van der Waals surface area contributed by atoms with E-state index in [4.69, 9.17) is 4.74 Å². The molecule has 3 rings (SSSR count). The van der Waals surface area contributed by atoms with Gasteiger partial charge in [-0.1, -0.05) is 29.5 Å². The normalized spacial score (nSPS) is 10.6. The predicted octanol–water partition coefficient (Wildman–Crippen LogP) is 3.34. The average molecular weight is 368 g/mol. The van der Waals surface area contributed by atoms with Gasteiger partial charge in [0.2, 0.25) is 5.91 Å². The van der Waals surface area contributed by atoms with Crippen LogP contribution in [0.3, 0.4) is 0 Å². The molecule has 0 spiro atoms. The molecule has 2 aromatic carbocycles. The van der Waals surface area contributed by atoms with Crippen LogP contribution >= 0.6 is 11.8 Å². The fraction of sp³-hybridized carbons (Fsp3) is 0.211. The summed E-state index contributed by atoms with van der Waals surface area (Å²) in [4.78, 5) is 14.1. The molecule has 0 aliphatic heterocycles. The lowest BCUT2D eigenvalue weighted by atomic mass is 10.2.